The van der Waals surface area contributed by atoms with Crippen molar-refractivity contribution in [2.45, 2.75) is 6.92 Å². The Hall–Kier alpha value is -3.59. The summed E-state index contributed by atoms with van der Waals surface area (Å²) in [5.41, 5.74) is 0.739. The van der Waals surface area contributed by atoms with E-state index >= 15 is 0 Å². The van der Waals surface area contributed by atoms with Gasteiger partial charge in [-0.2, -0.15) is 5.26 Å². The number of nitrogens with zero attached hydrogens (tertiary/aromatic N) is 1. The third-order valence-electron chi connectivity index (χ3n) is 3.30. The normalized spacial score (nSPS) is 10.6. The number of hydrogen-bond donors (Lipinski definition) is 0. The predicted octanol–water partition coefficient (Wildman–Crippen LogP) is 3.38. The number of methoxy groups -OCH3 is 1. The summed E-state index contributed by atoms with van der Waals surface area (Å²) in [6, 6.07) is 14.9. The maximum atomic E-state index is 12.2. The maximum Gasteiger partial charge on any atom is 0.348 e. The largest absolute Gasteiger partial charge is 0.497 e. The highest BCUT2D eigenvalue weighted by atomic mass is 16.5. The first-order chi connectivity index (χ1) is 12.6. The third kappa shape index (κ3) is 4.95. The molecule has 0 N–H and O–H groups in total. The zero-order valence-electron chi connectivity index (χ0n) is 14.4. The minimum atomic E-state index is -0.700. The van der Waals surface area contributed by atoms with Crippen molar-refractivity contribution in [3.63, 3.8) is 0 Å². The van der Waals surface area contributed by atoms with E-state index in [4.69, 9.17) is 19.5 Å². The lowest BCUT2D eigenvalue weighted by atomic mass is 10.1. The third-order valence-corrected chi connectivity index (χ3v) is 3.30. The van der Waals surface area contributed by atoms with Crippen molar-refractivity contribution in [1.29, 1.82) is 5.26 Å². The van der Waals surface area contributed by atoms with E-state index in [1.165, 1.54) is 13.2 Å². The fourth-order valence-corrected chi connectivity index (χ4v) is 2.10. The molecule has 0 aliphatic rings. The molecule has 0 atom stereocenters. The van der Waals surface area contributed by atoms with Gasteiger partial charge in [0.15, 0.2) is 0 Å². The fourth-order valence-electron chi connectivity index (χ4n) is 2.10. The molecule has 0 amide bonds. The van der Waals surface area contributed by atoms with Crippen molar-refractivity contribution < 1.29 is 23.8 Å². The van der Waals surface area contributed by atoms with E-state index < -0.39 is 11.9 Å². The van der Waals surface area contributed by atoms with Crippen LogP contribution >= 0.6 is 0 Å². The number of hydrogen-bond acceptors (Lipinski definition) is 6. The topological polar surface area (TPSA) is 85.6 Å². The second kappa shape index (κ2) is 9.04. The molecule has 0 radical (unpaired) electrons. The number of carbonyl (C=O) groups excluding carboxylic acids is 2. The van der Waals surface area contributed by atoms with E-state index in [2.05, 4.69) is 0 Å². The van der Waals surface area contributed by atoms with Crippen molar-refractivity contribution in [3.8, 4) is 17.6 Å². The molecule has 0 aromatic heterocycles. The molecule has 2 aromatic carbocycles. The monoisotopic (exact) mass is 351 g/mol. The van der Waals surface area contributed by atoms with Gasteiger partial charge in [-0.3, -0.25) is 0 Å². The Morgan fingerprint density at radius 1 is 1.12 bits per heavy atom. The van der Waals surface area contributed by atoms with Gasteiger partial charge in [0.25, 0.3) is 0 Å². The Labute approximate surface area is 151 Å². The standard InChI is InChI=1S/C20H17NO5/c1-3-25-19(22)16(13-21)10-14-6-4-9-18(11-14)26-20(23)15-7-5-8-17(12-15)24-2/h4-12H,3H2,1-2H3/b16-10+. The highest BCUT2D eigenvalue weighted by Crippen LogP contribution is 2.19. The molecule has 2 aromatic rings. The molecular weight excluding hydrogens is 334 g/mol. The van der Waals surface area contributed by atoms with Crippen LogP contribution in [0, 0.1) is 11.3 Å². The van der Waals surface area contributed by atoms with Crippen molar-refractivity contribution in [2.75, 3.05) is 13.7 Å². The summed E-state index contributed by atoms with van der Waals surface area (Å²) < 4.78 is 15.2. The minimum absolute atomic E-state index is 0.136. The predicted molar refractivity (Wildman–Crippen MR) is 94.6 cm³/mol. The number of esters is 2. The van der Waals surface area contributed by atoms with Crippen LogP contribution in [0.4, 0.5) is 0 Å². The van der Waals surface area contributed by atoms with E-state index in [1.807, 2.05) is 0 Å². The van der Waals surface area contributed by atoms with Crippen LogP contribution in [0.1, 0.15) is 22.8 Å². The average Bonchev–Trinajstić information content (AvgIpc) is 2.66. The number of carbonyl (C=O) groups is 2. The Bertz CT molecular complexity index is 880. The van der Waals surface area contributed by atoms with Gasteiger partial charge in [0, 0.05) is 0 Å². The Kier molecular flexibility index (Phi) is 6.52. The van der Waals surface area contributed by atoms with E-state index in [0.29, 0.717) is 16.9 Å². The van der Waals surface area contributed by atoms with Crippen LogP contribution in [-0.4, -0.2) is 25.7 Å². The summed E-state index contributed by atoms with van der Waals surface area (Å²) in [6.07, 6.45) is 1.38. The molecule has 0 saturated heterocycles. The first kappa shape index (κ1) is 18.7. The van der Waals surface area contributed by atoms with Gasteiger partial charge in [-0.15, -0.1) is 0 Å². The lowest BCUT2D eigenvalue weighted by Gasteiger charge is -2.07. The summed E-state index contributed by atoms with van der Waals surface area (Å²) in [5, 5.41) is 9.08. The van der Waals surface area contributed by atoms with E-state index in [0.717, 1.165) is 0 Å². The summed E-state index contributed by atoms with van der Waals surface area (Å²) in [5.74, 6) is -0.415. The van der Waals surface area contributed by atoms with Gasteiger partial charge in [-0.25, -0.2) is 9.59 Å². The summed E-state index contributed by atoms with van der Waals surface area (Å²) in [7, 11) is 1.51. The molecule has 2 rings (SSSR count). The van der Waals surface area contributed by atoms with E-state index in [-0.39, 0.29) is 17.9 Å². The molecule has 0 fully saturated rings. The number of ether oxygens (including phenoxy) is 3. The van der Waals surface area contributed by atoms with E-state index in [9.17, 15) is 9.59 Å². The molecular formula is C20H17NO5. The van der Waals surface area contributed by atoms with Crippen LogP contribution in [-0.2, 0) is 9.53 Å². The molecule has 132 valence electrons. The summed E-state index contributed by atoms with van der Waals surface area (Å²) >= 11 is 0. The van der Waals surface area contributed by atoms with Gasteiger partial charge in [0.05, 0.1) is 19.3 Å². The van der Waals surface area contributed by atoms with Gasteiger partial charge in [0.1, 0.15) is 23.1 Å². The molecule has 0 heterocycles. The van der Waals surface area contributed by atoms with Gasteiger partial charge >= 0.3 is 11.9 Å². The van der Waals surface area contributed by atoms with Crippen LogP contribution in [0.3, 0.4) is 0 Å². The molecule has 6 heteroatoms. The molecule has 0 aliphatic carbocycles. The zero-order chi connectivity index (χ0) is 18.9. The van der Waals surface area contributed by atoms with Crippen LogP contribution in [0.25, 0.3) is 6.08 Å². The number of benzene rings is 2. The van der Waals surface area contributed by atoms with Crippen molar-refractivity contribution in [1.82, 2.24) is 0 Å². The molecule has 0 saturated carbocycles. The molecule has 0 bridgehead atoms. The molecule has 0 unspecified atom stereocenters. The highest BCUT2D eigenvalue weighted by Gasteiger charge is 2.12. The van der Waals surface area contributed by atoms with Gasteiger partial charge in [-0.1, -0.05) is 18.2 Å². The van der Waals surface area contributed by atoms with Crippen LogP contribution in [0.5, 0.6) is 11.5 Å². The molecule has 26 heavy (non-hydrogen) atoms. The van der Waals surface area contributed by atoms with Crippen LogP contribution < -0.4 is 9.47 Å². The Morgan fingerprint density at radius 3 is 2.54 bits per heavy atom. The lowest BCUT2D eigenvalue weighted by molar-refractivity contribution is -0.137. The molecule has 0 aliphatic heterocycles. The fraction of sp³-hybridized carbons (Fsp3) is 0.150. The second-order valence-electron chi connectivity index (χ2n) is 5.08. The van der Waals surface area contributed by atoms with Crippen LogP contribution in [0.2, 0.25) is 0 Å². The smallest absolute Gasteiger partial charge is 0.348 e. The highest BCUT2D eigenvalue weighted by molar-refractivity contribution is 5.98. The minimum Gasteiger partial charge on any atom is -0.497 e. The van der Waals surface area contributed by atoms with Crippen molar-refractivity contribution in [2.24, 2.45) is 0 Å². The molecule has 6 nitrogen and oxygen atoms in total. The molecule has 0 spiro atoms. The lowest BCUT2D eigenvalue weighted by Crippen LogP contribution is -2.08. The first-order valence-electron chi connectivity index (χ1n) is 7.82. The average molecular weight is 351 g/mol. The van der Waals surface area contributed by atoms with Gasteiger partial charge < -0.3 is 14.2 Å². The summed E-state index contributed by atoms with van der Waals surface area (Å²) in [4.78, 5) is 23.9. The van der Waals surface area contributed by atoms with Crippen molar-refractivity contribution in [3.05, 3.63) is 65.2 Å². The zero-order valence-corrected chi connectivity index (χ0v) is 14.4. The Morgan fingerprint density at radius 2 is 1.85 bits per heavy atom. The van der Waals surface area contributed by atoms with Crippen LogP contribution in [0.15, 0.2) is 54.1 Å². The quantitative estimate of drug-likeness (QED) is 0.343. The second-order valence-corrected chi connectivity index (χ2v) is 5.08. The van der Waals surface area contributed by atoms with E-state index in [1.54, 1.807) is 61.5 Å². The number of nitriles is 1. The van der Waals surface area contributed by atoms with Gasteiger partial charge in [0.2, 0.25) is 0 Å². The maximum absolute atomic E-state index is 12.2. The number of rotatable bonds is 6. The van der Waals surface area contributed by atoms with Gasteiger partial charge in [-0.05, 0) is 48.9 Å². The summed E-state index contributed by atoms with van der Waals surface area (Å²) in [6.45, 7) is 1.83. The van der Waals surface area contributed by atoms with Crippen molar-refractivity contribution >= 4 is 18.0 Å². The first-order valence-corrected chi connectivity index (χ1v) is 7.82. The SMILES string of the molecule is CCOC(=O)/C(C#N)=C/c1cccc(OC(=O)c2cccc(OC)c2)c1. The Balaban J connectivity index is 2.19.